The van der Waals surface area contributed by atoms with E-state index in [0.29, 0.717) is 11.1 Å². The molecule has 0 atom stereocenters. The van der Waals surface area contributed by atoms with Gasteiger partial charge in [-0.05, 0) is 24.6 Å². The standard InChI is InChI=1S/C13H14BrFO3/c1-2-7-18-13(17)6-5-12(16)10-8-9(15)3-4-11(10)14/h3-4,8H,2,5-7H2,1H3. The first kappa shape index (κ1) is 14.8. The first-order valence-electron chi connectivity index (χ1n) is 5.68. The van der Waals surface area contributed by atoms with Gasteiger partial charge in [0.2, 0.25) is 0 Å². The number of hydrogen-bond acceptors (Lipinski definition) is 3. The molecule has 0 aliphatic carbocycles. The number of ether oxygens (including phenoxy) is 1. The number of esters is 1. The van der Waals surface area contributed by atoms with Gasteiger partial charge in [-0.3, -0.25) is 9.59 Å². The van der Waals surface area contributed by atoms with Gasteiger partial charge in [0.15, 0.2) is 5.78 Å². The average molecular weight is 317 g/mol. The van der Waals surface area contributed by atoms with Crippen molar-refractivity contribution in [3.63, 3.8) is 0 Å². The number of Topliss-reactive ketones (excluding diaryl/α,β-unsaturated/α-hetero) is 1. The van der Waals surface area contributed by atoms with Crippen molar-refractivity contribution in [3.05, 3.63) is 34.1 Å². The van der Waals surface area contributed by atoms with Crippen LogP contribution in [0.5, 0.6) is 0 Å². The van der Waals surface area contributed by atoms with Gasteiger partial charge in [-0.1, -0.05) is 22.9 Å². The highest BCUT2D eigenvalue weighted by Crippen LogP contribution is 2.20. The fourth-order valence-electron chi connectivity index (χ4n) is 1.35. The van der Waals surface area contributed by atoms with Gasteiger partial charge in [-0.25, -0.2) is 4.39 Å². The monoisotopic (exact) mass is 316 g/mol. The molecule has 0 aliphatic rings. The van der Waals surface area contributed by atoms with Crippen LogP contribution >= 0.6 is 15.9 Å². The van der Waals surface area contributed by atoms with Gasteiger partial charge in [0, 0.05) is 16.5 Å². The van der Waals surface area contributed by atoms with E-state index in [1.165, 1.54) is 12.1 Å². The molecule has 0 aliphatic heterocycles. The van der Waals surface area contributed by atoms with Crippen LogP contribution in [0.3, 0.4) is 0 Å². The van der Waals surface area contributed by atoms with Crippen molar-refractivity contribution in [1.82, 2.24) is 0 Å². The molecule has 98 valence electrons. The van der Waals surface area contributed by atoms with Crippen LogP contribution in [0.1, 0.15) is 36.5 Å². The Morgan fingerprint density at radius 2 is 2.06 bits per heavy atom. The summed E-state index contributed by atoms with van der Waals surface area (Å²) in [5, 5.41) is 0. The zero-order valence-electron chi connectivity index (χ0n) is 10.0. The van der Waals surface area contributed by atoms with Crippen molar-refractivity contribution in [2.45, 2.75) is 26.2 Å². The lowest BCUT2D eigenvalue weighted by molar-refractivity contribution is -0.143. The summed E-state index contributed by atoms with van der Waals surface area (Å²) in [7, 11) is 0. The van der Waals surface area contributed by atoms with E-state index in [1.54, 1.807) is 0 Å². The lowest BCUT2D eigenvalue weighted by atomic mass is 10.1. The van der Waals surface area contributed by atoms with Crippen LogP contribution in [0.2, 0.25) is 0 Å². The minimum atomic E-state index is -0.477. The summed E-state index contributed by atoms with van der Waals surface area (Å²) in [6.07, 6.45) is 0.779. The maximum Gasteiger partial charge on any atom is 0.306 e. The molecule has 0 unspecified atom stereocenters. The summed E-state index contributed by atoms with van der Waals surface area (Å²) < 4.78 is 18.4. The zero-order chi connectivity index (χ0) is 13.5. The maximum atomic E-state index is 13.0. The number of carbonyl (C=O) groups is 2. The molecule has 18 heavy (non-hydrogen) atoms. The Hall–Kier alpha value is -1.23. The molecule has 1 rings (SSSR count). The molecule has 0 fully saturated rings. The molecule has 1 aromatic carbocycles. The van der Waals surface area contributed by atoms with Crippen LogP contribution in [0, 0.1) is 5.82 Å². The van der Waals surface area contributed by atoms with E-state index in [1.807, 2.05) is 6.92 Å². The number of carbonyl (C=O) groups excluding carboxylic acids is 2. The van der Waals surface area contributed by atoms with Crippen LogP contribution in [-0.2, 0) is 9.53 Å². The Morgan fingerprint density at radius 3 is 2.72 bits per heavy atom. The van der Waals surface area contributed by atoms with E-state index in [9.17, 15) is 14.0 Å². The van der Waals surface area contributed by atoms with Crippen LogP contribution in [-0.4, -0.2) is 18.4 Å². The predicted molar refractivity (Wildman–Crippen MR) is 68.9 cm³/mol. The Kier molecular flexibility index (Phi) is 5.98. The van der Waals surface area contributed by atoms with E-state index in [2.05, 4.69) is 15.9 Å². The van der Waals surface area contributed by atoms with Crippen LogP contribution in [0.15, 0.2) is 22.7 Å². The quantitative estimate of drug-likeness (QED) is 0.596. The minimum Gasteiger partial charge on any atom is -0.466 e. The normalized spacial score (nSPS) is 10.2. The van der Waals surface area contributed by atoms with E-state index in [4.69, 9.17) is 4.74 Å². The lowest BCUT2D eigenvalue weighted by Gasteiger charge is -2.04. The molecule has 0 amide bonds. The van der Waals surface area contributed by atoms with Gasteiger partial charge < -0.3 is 4.74 Å². The Morgan fingerprint density at radius 1 is 1.33 bits per heavy atom. The first-order valence-corrected chi connectivity index (χ1v) is 6.47. The van der Waals surface area contributed by atoms with Crippen molar-refractivity contribution >= 4 is 27.7 Å². The number of ketones is 1. The molecule has 0 N–H and O–H groups in total. The van der Waals surface area contributed by atoms with Gasteiger partial charge in [0.1, 0.15) is 5.82 Å². The largest absolute Gasteiger partial charge is 0.466 e. The Labute approximate surface area is 113 Å². The summed E-state index contributed by atoms with van der Waals surface area (Å²) in [4.78, 5) is 23.0. The third-order valence-electron chi connectivity index (χ3n) is 2.25. The molecule has 0 heterocycles. The van der Waals surface area contributed by atoms with Crippen LogP contribution in [0.4, 0.5) is 4.39 Å². The number of halogens is 2. The second-order valence-corrected chi connectivity index (χ2v) is 4.62. The summed E-state index contributed by atoms with van der Waals surface area (Å²) in [6, 6.07) is 3.89. The minimum absolute atomic E-state index is 0.0157. The van der Waals surface area contributed by atoms with E-state index < -0.39 is 11.8 Å². The van der Waals surface area contributed by atoms with Crippen molar-refractivity contribution in [1.29, 1.82) is 0 Å². The molecule has 0 bridgehead atoms. The second-order valence-electron chi connectivity index (χ2n) is 3.77. The average Bonchev–Trinajstić information content (AvgIpc) is 2.36. The molecule has 5 heteroatoms. The maximum absolute atomic E-state index is 13.0. The summed E-state index contributed by atoms with van der Waals surface area (Å²) in [5.41, 5.74) is 0.248. The van der Waals surface area contributed by atoms with Gasteiger partial charge >= 0.3 is 5.97 Å². The fourth-order valence-corrected chi connectivity index (χ4v) is 1.82. The van der Waals surface area contributed by atoms with E-state index in [0.717, 1.165) is 12.5 Å². The zero-order valence-corrected chi connectivity index (χ0v) is 11.6. The number of rotatable bonds is 6. The van der Waals surface area contributed by atoms with Crippen molar-refractivity contribution in [3.8, 4) is 0 Å². The molecule has 0 aromatic heterocycles. The van der Waals surface area contributed by atoms with Crippen LogP contribution in [0.25, 0.3) is 0 Å². The van der Waals surface area contributed by atoms with Crippen molar-refractivity contribution < 1.29 is 18.7 Å². The van der Waals surface area contributed by atoms with Gasteiger partial charge in [0.05, 0.1) is 13.0 Å². The molecule has 3 nitrogen and oxygen atoms in total. The van der Waals surface area contributed by atoms with E-state index >= 15 is 0 Å². The Bertz CT molecular complexity index is 446. The number of benzene rings is 1. The highest BCUT2D eigenvalue weighted by molar-refractivity contribution is 9.10. The molecule has 1 aromatic rings. The van der Waals surface area contributed by atoms with Crippen molar-refractivity contribution in [2.24, 2.45) is 0 Å². The topological polar surface area (TPSA) is 43.4 Å². The predicted octanol–water partition coefficient (Wildman–Crippen LogP) is 3.50. The molecule has 0 radical (unpaired) electrons. The summed E-state index contributed by atoms with van der Waals surface area (Å²) >= 11 is 3.18. The number of hydrogen-bond donors (Lipinski definition) is 0. The molecular formula is C13H14BrFO3. The molecular weight excluding hydrogens is 303 g/mol. The van der Waals surface area contributed by atoms with Gasteiger partial charge in [-0.2, -0.15) is 0 Å². The summed E-state index contributed by atoms with van der Waals surface area (Å²) in [5.74, 6) is -1.16. The van der Waals surface area contributed by atoms with Crippen molar-refractivity contribution in [2.75, 3.05) is 6.61 Å². The van der Waals surface area contributed by atoms with Crippen LogP contribution < -0.4 is 0 Å². The Balaban J connectivity index is 2.55. The molecule has 0 spiro atoms. The molecule has 0 saturated carbocycles. The third-order valence-corrected chi connectivity index (χ3v) is 2.94. The second kappa shape index (κ2) is 7.26. The summed E-state index contributed by atoms with van der Waals surface area (Å²) in [6.45, 7) is 2.25. The fraction of sp³-hybridized carbons (Fsp3) is 0.385. The first-order chi connectivity index (χ1) is 8.54. The molecule has 0 saturated heterocycles. The van der Waals surface area contributed by atoms with Gasteiger partial charge in [0.25, 0.3) is 0 Å². The third kappa shape index (κ3) is 4.56. The van der Waals surface area contributed by atoms with Gasteiger partial charge in [-0.15, -0.1) is 0 Å². The highest BCUT2D eigenvalue weighted by atomic mass is 79.9. The van der Waals surface area contributed by atoms with E-state index in [-0.39, 0.29) is 24.2 Å². The smallest absolute Gasteiger partial charge is 0.306 e. The SMILES string of the molecule is CCCOC(=O)CCC(=O)c1cc(F)ccc1Br. The highest BCUT2D eigenvalue weighted by Gasteiger charge is 2.13. The lowest BCUT2D eigenvalue weighted by Crippen LogP contribution is -2.09.